The molecule has 164 valence electrons. The number of nitrogens with one attached hydrogen (secondary N) is 1. The highest BCUT2D eigenvalue weighted by Crippen LogP contribution is 2.27. The Bertz CT molecular complexity index is 632. The van der Waals surface area contributed by atoms with Gasteiger partial charge in [-0.15, -0.1) is 0 Å². The largest absolute Gasteiger partial charge is 0.416 e. The van der Waals surface area contributed by atoms with Crippen molar-refractivity contribution in [1.82, 2.24) is 0 Å². The average Bonchev–Trinajstić information content (AvgIpc) is 2.68. The molecule has 0 aliphatic heterocycles. The van der Waals surface area contributed by atoms with Crippen molar-refractivity contribution in [1.29, 1.82) is 5.41 Å². The molecule has 0 aromatic heterocycles. The van der Waals surface area contributed by atoms with Gasteiger partial charge in [0.2, 0.25) is 0 Å². The van der Waals surface area contributed by atoms with Crippen LogP contribution in [0.4, 0.5) is 13.2 Å². The molecule has 7 heteroatoms. The Morgan fingerprint density at radius 1 is 1.17 bits per heavy atom. The second-order valence-electron chi connectivity index (χ2n) is 7.12. The van der Waals surface area contributed by atoms with E-state index in [4.69, 9.17) is 16.4 Å². The fourth-order valence-corrected chi connectivity index (χ4v) is 2.91. The summed E-state index contributed by atoms with van der Waals surface area (Å²) in [5, 5.41) is 19.6. The van der Waals surface area contributed by atoms with Gasteiger partial charge in [0.15, 0.2) is 0 Å². The zero-order valence-electron chi connectivity index (χ0n) is 17.5. The quantitative estimate of drug-likeness (QED) is 0.139. The first-order chi connectivity index (χ1) is 13.7. The van der Waals surface area contributed by atoms with E-state index in [1.165, 1.54) is 13.1 Å². The fraction of sp³-hybridized carbons (Fsp3) is 0.545. The van der Waals surface area contributed by atoms with E-state index < -0.39 is 11.7 Å². The van der Waals surface area contributed by atoms with E-state index >= 15 is 0 Å². The van der Waals surface area contributed by atoms with Crippen molar-refractivity contribution in [3.8, 4) is 0 Å². The molecule has 2 atom stereocenters. The molecule has 0 saturated heterocycles. The zero-order chi connectivity index (χ0) is 22.3. The first-order valence-electron chi connectivity index (χ1n) is 9.93. The Morgan fingerprint density at radius 2 is 1.86 bits per heavy atom. The smallest absolute Gasteiger partial charge is 0.411 e. The Labute approximate surface area is 172 Å². The summed E-state index contributed by atoms with van der Waals surface area (Å²) in [6.45, 7) is 5.55. The van der Waals surface area contributed by atoms with Crippen LogP contribution >= 0.6 is 0 Å². The lowest BCUT2D eigenvalue weighted by atomic mass is 9.89. The minimum Gasteiger partial charge on any atom is -0.411 e. The van der Waals surface area contributed by atoms with Crippen LogP contribution in [-0.2, 0) is 0 Å². The summed E-state index contributed by atoms with van der Waals surface area (Å²) >= 11 is 0. The van der Waals surface area contributed by atoms with Gasteiger partial charge in [0, 0.05) is 18.0 Å². The Kier molecular flexibility index (Phi) is 13.5. The van der Waals surface area contributed by atoms with Crippen molar-refractivity contribution in [2.24, 2.45) is 22.7 Å². The van der Waals surface area contributed by atoms with Gasteiger partial charge in [0.25, 0.3) is 0 Å². The number of nitrogens with two attached hydrogens (primary N) is 1. The molecule has 0 amide bonds. The summed E-state index contributed by atoms with van der Waals surface area (Å²) in [5.74, 6) is 0.733. The summed E-state index contributed by atoms with van der Waals surface area (Å²) in [7, 11) is 0. The van der Waals surface area contributed by atoms with E-state index in [0.717, 1.165) is 44.0 Å². The molecule has 0 radical (unpaired) electrons. The number of allylic oxidation sites excluding steroid dienone is 7. The van der Waals surface area contributed by atoms with E-state index in [2.05, 4.69) is 19.0 Å². The molecule has 0 spiro atoms. The Balaban J connectivity index is 4.50. The number of hydrogen-bond acceptors (Lipinski definition) is 4. The van der Waals surface area contributed by atoms with Crippen LogP contribution in [0.5, 0.6) is 0 Å². The molecule has 0 bridgehead atoms. The molecule has 0 rings (SSSR count). The Hall–Kier alpha value is -2.31. The van der Waals surface area contributed by atoms with Crippen molar-refractivity contribution in [3.05, 3.63) is 47.7 Å². The van der Waals surface area contributed by atoms with Crippen LogP contribution in [0.15, 0.2) is 52.9 Å². The minimum absolute atomic E-state index is 0.292. The van der Waals surface area contributed by atoms with Crippen LogP contribution < -0.4 is 5.73 Å². The molecule has 4 N–H and O–H groups in total. The topological polar surface area (TPSA) is 82.5 Å². The van der Waals surface area contributed by atoms with Crippen molar-refractivity contribution in [3.63, 3.8) is 0 Å². The van der Waals surface area contributed by atoms with Gasteiger partial charge < -0.3 is 16.4 Å². The standard InChI is InChI=1S/C22H34F3N3O/c1-4-18(8-6-7-9-20(5-2)22(23,24)25)11-10-17(3)14-21(28-29)13-12-19(15-26)16-27/h5,7,9,12-13,15-18,26,29H,4,6,8,10-11,14,27H2,1-3H3/b9-7-,13-12+,19-16-,20-5+,26-15?,28-21+/t17?,18-/m1/s1. The van der Waals surface area contributed by atoms with Crippen molar-refractivity contribution >= 4 is 11.9 Å². The van der Waals surface area contributed by atoms with E-state index in [0.29, 0.717) is 36.0 Å². The monoisotopic (exact) mass is 413 g/mol. The molecule has 0 aromatic rings. The van der Waals surface area contributed by atoms with Crippen LogP contribution in [0.25, 0.3) is 0 Å². The molecular weight excluding hydrogens is 379 g/mol. The molecule has 0 heterocycles. The van der Waals surface area contributed by atoms with E-state index in [9.17, 15) is 13.2 Å². The number of halogens is 3. The van der Waals surface area contributed by atoms with Crippen LogP contribution in [-0.4, -0.2) is 23.3 Å². The zero-order valence-corrected chi connectivity index (χ0v) is 17.5. The maximum Gasteiger partial charge on any atom is 0.416 e. The molecule has 0 aromatic carbocycles. The van der Waals surface area contributed by atoms with Gasteiger partial charge in [-0.1, -0.05) is 62.6 Å². The molecule has 1 unspecified atom stereocenters. The highest BCUT2D eigenvalue weighted by Gasteiger charge is 2.30. The Morgan fingerprint density at radius 3 is 2.34 bits per heavy atom. The SMILES string of the molecule is C/C=C(\C=C/CC[C@@H](CC)CCC(C)CC(/C=C/C(C=N)=C/N)=N/O)C(F)(F)F. The lowest BCUT2D eigenvalue weighted by Crippen LogP contribution is -2.09. The highest BCUT2D eigenvalue weighted by molar-refractivity contribution is 5.96. The first-order valence-corrected chi connectivity index (χ1v) is 9.93. The van der Waals surface area contributed by atoms with Crippen molar-refractivity contribution in [2.45, 2.75) is 65.5 Å². The van der Waals surface area contributed by atoms with Gasteiger partial charge >= 0.3 is 6.18 Å². The second-order valence-corrected chi connectivity index (χ2v) is 7.12. The summed E-state index contributed by atoms with van der Waals surface area (Å²) in [4.78, 5) is 0. The lowest BCUT2D eigenvalue weighted by Gasteiger charge is -2.17. The molecule has 0 fully saturated rings. The molecule has 0 aliphatic carbocycles. The van der Waals surface area contributed by atoms with E-state index in [1.807, 2.05) is 0 Å². The third-order valence-corrected chi connectivity index (χ3v) is 4.84. The molecular formula is C22H34F3N3O. The van der Waals surface area contributed by atoms with Crippen LogP contribution in [0.1, 0.15) is 59.3 Å². The lowest BCUT2D eigenvalue weighted by molar-refractivity contribution is -0.0883. The minimum atomic E-state index is -4.30. The molecule has 4 nitrogen and oxygen atoms in total. The average molecular weight is 414 g/mol. The van der Waals surface area contributed by atoms with Crippen LogP contribution in [0.3, 0.4) is 0 Å². The van der Waals surface area contributed by atoms with E-state index in [1.54, 1.807) is 18.2 Å². The van der Waals surface area contributed by atoms with Gasteiger partial charge in [-0.05, 0) is 44.1 Å². The van der Waals surface area contributed by atoms with Crippen molar-refractivity contribution < 1.29 is 18.4 Å². The van der Waals surface area contributed by atoms with Gasteiger partial charge in [-0.3, -0.25) is 0 Å². The third kappa shape index (κ3) is 12.0. The highest BCUT2D eigenvalue weighted by atomic mass is 19.4. The predicted octanol–water partition coefficient (Wildman–Crippen LogP) is 6.54. The fourth-order valence-electron chi connectivity index (χ4n) is 2.91. The number of rotatable bonds is 13. The number of nitrogens with zero attached hydrogens (tertiary/aromatic N) is 1. The van der Waals surface area contributed by atoms with Crippen LogP contribution in [0, 0.1) is 17.2 Å². The summed E-state index contributed by atoms with van der Waals surface area (Å²) < 4.78 is 38.0. The van der Waals surface area contributed by atoms with Crippen LogP contribution in [0.2, 0.25) is 0 Å². The summed E-state index contributed by atoms with van der Waals surface area (Å²) in [6, 6.07) is 0. The number of hydrogen-bond donors (Lipinski definition) is 3. The molecule has 29 heavy (non-hydrogen) atoms. The summed E-state index contributed by atoms with van der Waals surface area (Å²) in [6.07, 6.45) is 10.1. The van der Waals surface area contributed by atoms with Gasteiger partial charge in [-0.25, -0.2) is 0 Å². The van der Waals surface area contributed by atoms with E-state index in [-0.39, 0.29) is 0 Å². The molecule has 0 aliphatic rings. The molecule has 0 saturated carbocycles. The first kappa shape index (κ1) is 26.7. The van der Waals surface area contributed by atoms with Crippen molar-refractivity contribution in [2.75, 3.05) is 0 Å². The predicted molar refractivity (Wildman–Crippen MR) is 114 cm³/mol. The number of alkyl halides is 3. The van der Waals surface area contributed by atoms with Gasteiger partial charge in [-0.2, -0.15) is 13.2 Å². The van der Waals surface area contributed by atoms with Gasteiger partial charge in [0.1, 0.15) is 0 Å². The number of oxime groups is 1. The maximum atomic E-state index is 12.7. The maximum absolute atomic E-state index is 12.7. The summed E-state index contributed by atoms with van der Waals surface area (Å²) in [5.41, 5.74) is 5.79. The third-order valence-electron chi connectivity index (χ3n) is 4.84. The second kappa shape index (κ2) is 14.7. The van der Waals surface area contributed by atoms with Gasteiger partial charge in [0.05, 0.1) is 11.3 Å². The normalized spacial score (nSPS) is 16.6.